The Morgan fingerprint density at radius 1 is 1.39 bits per heavy atom. The summed E-state index contributed by atoms with van der Waals surface area (Å²) in [4.78, 5) is 17.0. The van der Waals surface area contributed by atoms with Crippen molar-refractivity contribution in [3.05, 3.63) is 17.5 Å². The summed E-state index contributed by atoms with van der Waals surface area (Å²) in [5.74, 6) is 0.129. The molecule has 1 atom stereocenters. The maximum absolute atomic E-state index is 12.5. The van der Waals surface area contributed by atoms with E-state index in [4.69, 9.17) is 0 Å². The Morgan fingerprint density at radius 3 is 2.94 bits per heavy atom. The molecule has 98 valence electrons. The van der Waals surface area contributed by atoms with Crippen molar-refractivity contribution in [1.29, 1.82) is 0 Å². The second-order valence-electron chi connectivity index (χ2n) is 5.38. The van der Waals surface area contributed by atoms with Crippen LogP contribution in [0.3, 0.4) is 0 Å². The molecule has 0 spiro atoms. The van der Waals surface area contributed by atoms with Crippen LogP contribution in [0, 0.1) is 6.92 Å². The van der Waals surface area contributed by atoms with Crippen LogP contribution in [0.25, 0.3) is 0 Å². The number of aryl methyl sites for hydroxylation is 2. The van der Waals surface area contributed by atoms with Crippen molar-refractivity contribution in [3.8, 4) is 0 Å². The van der Waals surface area contributed by atoms with Crippen molar-refractivity contribution in [2.75, 3.05) is 26.2 Å². The van der Waals surface area contributed by atoms with Crippen molar-refractivity contribution in [1.82, 2.24) is 19.6 Å². The molecule has 5 heteroatoms. The maximum Gasteiger partial charge on any atom is 0.272 e. The number of hydrogen-bond donors (Lipinski definition) is 0. The van der Waals surface area contributed by atoms with Crippen LogP contribution in [0.2, 0.25) is 0 Å². The third-order valence-electron chi connectivity index (χ3n) is 4.10. The lowest BCUT2D eigenvalue weighted by molar-refractivity contribution is 0.0561. The molecule has 5 nitrogen and oxygen atoms in total. The van der Waals surface area contributed by atoms with Crippen LogP contribution in [0.15, 0.2) is 6.07 Å². The first-order chi connectivity index (χ1) is 8.65. The van der Waals surface area contributed by atoms with Gasteiger partial charge in [0.15, 0.2) is 0 Å². The lowest BCUT2D eigenvalue weighted by atomic mass is 10.1. The number of aromatic nitrogens is 2. The quantitative estimate of drug-likeness (QED) is 0.732. The van der Waals surface area contributed by atoms with Gasteiger partial charge in [0.2, 0.25) is 0 Å². The molecule has 2 saturated heterocycles. The summed E-state index contributed by atoms with van der Waals surface area (Å²) in [6, 6.07) is 2.46. The highest BCUT2D eigenvalue weighted by molar-refractivity contribution is 5.92. The van der Waals surface area contributed by atoms with Crippen LogP contribution in [-0.4, -0.2) is 57.7 Å². The van der Waals surface area contributed by atoms with E-state index in [9.17, 15) is 4.79 Å². The molecule has 0 saturated carbocycles. The largest absolute Gasteiger partial charge is 0.334 e. The number of carbonyl (C=O) groups excluding carboxylic acids is 1. The van der Waals surface area contributed by atoms with Crippen LogP contribution >= 0.6 is 0 Å². The summed E-state index contributed by atoms with van der Waals surface area (Å²) < 4.78 is 1.69. The zero-order valence-electron chi connectivity index (χ0n) is 11.1. The Bertz CT molecular complexity index is 468. The van der Waals surface area contributed by atoms with Crippen LogP contribution in [0.5, 0.6) is 0 Å². The van der Waals surface area contributed by atoms with Gasteiger partial charge >= 0.3 is 0 Å². The molecule has 2 aliphatic heterocycles. The van der Waals surface area contributed by atoms with E-state index in [1.807, 2.05) is 24.9 Å². The number of rotatable bonds is 1. The van der Waals surface area contributed by atoms with Gasteiger partial charge in [-0.2, -0.15) is 5.10 Å². The predicted molar refractivity (Wildman–Crippen MR) is 68.4 cm³/mol. The van der Waals surface area contributed by atoms with Gasteiger partial charge < -0.3 is 4.90 Å². The third kappa shape index (κ3) is 1.92. The smallest absolute Gasteiger partial charge is 0.272 e. The highest BCUT2D eigenvalue weighted by Gasteiger charge is 2.33. The van der Waals surface area contributed by atoms with E-state index in [0.717, 1.165) is 25.3 Å². The van der Waals surface area contributed by atoms with Gasteiger partial charge in [0.1, 0.15) is 5.69 Å². The highest BCUT2D eigenvalue weighted by atomic mass is 16.2. The number of piperazine rings is 1. The fourth-order valence-electron chi connectivity index (χ4n) is 3.15. The summed E-state index contributed by atoms with van der Waals surface area (Å²) in [6.45, 7) is 5.87. The molecule has 3 rings (SSSR count). The van der Waals surface area contributed by atoms with E-state index < -0.39 is 0 Å². The van der Waals surface area contributed by atoms with Crippen LogP contribution in [-0.2, 0) is 7.05 Å². The molecule has 0 bridgehead atoms. The SMILES string of the molecule is Cc1cc(C(=O)N2CCN3CCC[C@H]3C2)n(C)n1. The van der Waals surface area contributed by atoms with Gasteiger partial charge in [-0.05, 0) is 32.4 Å². The Labute approximate surface area is 107 Å². The Hall–Kier alpha value is -1.36. The zero-order valence-corrected chi connectivity index (χ0v) is 11.1. The average Bonchev–Trinajstić information content (AvgIpc) is 2.93. The topological polar surface area (TPSA) is 41.4 Å². The van der Waals surface area contributed by atoms with E-state index in [0.29, 0.717) is 11.7 Å². The van der Waals surface area contributed by atoms with E-state index in [2.05, 4.69) is 10.00 Å². The molecule has 2 aliphatic rings. The van der Waals surface area contributed by atoms with Crippen LogP contribution < -0.4 is 0 Å². The first kappa shape index (κ1) is 11.7. The molecule has 2 fully saturated rings. The standard InChI is InChI=1S/C13H20N4O/c1-10-8-12(15(2)14-10)13(18)17-7-6-16-5-3-4-11(16)9-17/h8,11H,3-7,9H2,1-2H3/t11-/m0/s1. The van der Waals surface area contributed by atoms with E-state index >= 15 is 0 Å². The van der Waals surface area contributed by atoms with Crippen molar-refractivity contribution in [2.24, 2.45) is 7.05 Å². The van der Waals surface area contributed by atoms with Crippen molar-refractivity contribution >= 4 is 5.91 Å². The minimum atomic E-state index is 0.129. The van der Waals surface area contributed by atoms with Gasteiger partial charge in [-0.1, -0.05) is 0 Å². The molecule has 18 heavy (non-hydrogen) atoms. The number of hydrogen-bond acceptors (Lipinski definition) is 3. The van der Waals surface area contributed by atoms with Gasteiger partial charge in [0.25, 0.3) is 5.91 Å². The molecule has 0 radical (unpaired) electrons. The third-order valence-corrected chi connectivity index (χ3v) is 4.10. The number of fused-ring (bicyclic) bond motifs is 1. The summed E-state index contributed by atoms with van der Waals surface area (Å²) in [7, 11) is 1.84. The molecule has 0 aromatic carbocycles. The molecule has 0 N–H and O–H groups in total. The first-order valence-corrected chi connectivity index (χ1v) is 6.69. The fourth-order valence-corrected chi connectivity index (χ4v) is 3.15. The molecule has 0 unspecified atom stereocenters. The normalized spacial score (nSPS) is 24.3. The fraction of sp³-hybridized carbons (Fsp3) is 0.692. The number of nitrogens with zero attached hydrogens (tertiary/aromatic N) is 4. The molecule has 3 heterocycles. The molecule has 1 aromatic heterocycles. The van der Waals surface area contributed by atoms with Gasteiger partial charge in [-0.15, -0.1) is 0 Å². The molecule has 1 aromatic rings. The van der Waals surface area contributed by atoms with Gasteiger partial charge in [-0.25, -0.2) is 0 Å². The summed E-state index contributed by atoms with van der Waals surface area (Å²) in [5.41, 5.74) is 1.61. The van der Waals surface area contributed by atoms with Crippen molar-refractivity contribution in [2.45, 2.75) is 25.8 Å². The van der Waals surface area contributed by atoms with E-state index in [1.165, 1.54) is 19.4 Å². The molecular weight excluding hydrogens is 228 g/mol. The van der Waals surface area contributed by atoms with Gasteiger partial charge in [0.05, 0.1) is 5.69 Å². The zero-order chi connectivity index (χ0) is 12.7. The summed E-state index contributed by atoms with van der Waals surface area (Å²) >= 11 is 0. The molecule has 0 aliphatic carbocycles. The maximum atomic E-state index is 12.5. The van der Waals surface area contributed by atoms with Crippen molar-refractivity contribution in [3.63, 3.8) is 0 Å². The summed E-state index contributed by atoms with van der Waals surface area (Å²) in [6.07, 6.45) is 2.51. The second-order valence-corrected chi connectivity index (χ2v) is 5.38. The van der Waals surface area contributed by atoms with Gasteiger partial charge in [-0.3, -0.25) is 14.4 Å². The second kappa shape index (κ2) is 4.39. The Balaban J connectivity index is 1.75. The summed E-state index contributed by atoms with van der Waals surface area (Å²) in [5, 5.41) is 4.25. The lowest BCUT2D eigenvalue weighted by Crippen LogP contribution is -2.52. The first-order valence-electron chi connectivity index (χ1n) is 6.69. The minimum Gasteiger partial charge on any atom is -0.334 e. The van der Waals surface area contributed by atoms with Crippen LogP contribution in [0.4, 0.5) is 0 Å². The number of amides is 1. The van der Waals surface area contributed by atoms with Crippen molar-refractivity contribution < 1.29 is 4.79 Å². The highest BCUT2D eigenvalue weighted by Crippen LogP contribution is 2.22. The minimum absolute atomic E-state index is 0.129. The van der Waals surface area contributed by atoms with E-state index in [1.54, 1.807) is 4.68 Å². The van der Waals surface area contributed by atoms with E-state index in [-0.39, 0.29) is 5.91 Å². The predicted octanol–water partition coefficient (Wildman–Crippen LogP) is 0.649. The molecular formula is C13H20N4O. The Kier molecular flexibility index (Phi) is 2.86. The molecule has 1 amide bonds. The lowest BCUT2D eigenvalue weighted by Gasteiger charge is -2.37. The van der Waals surface area contributed by atoms with Crippen LogP contribution in [0.1, 0.15) is 29.0 Å². The number of carbonyl (C=O) groups is 1. The Morgan fingerprint density at radius 2 is 2.22 bits per heavy atom. The monoisotopic (exact) mass is 248 g/mol. The van der Waals surface area contributed by atoms with Gasteiger partial charge in [0, 0.05) is 32.7 Å². The average molecular weight is 248 g/mol.